The average Bonchev–Trinajstić information content (AvgIpc) is 2.86. The summed E-state index contributed by atoms with van der Waals surface area (Å²) < 4.78 is 0. The summed E-state index contributed by atoms with van der Waals surface area (Å²) in [5.41, 5.74) is 0. The smallest absolute Gasteiger partial charge is 0.303 e. The van der Waals surface area contributed by atoms with Crippen LogP contribution in [0.5, 0.6) is 0 Å². The van der Waals surface area contributed by atoms with Crippen LogP contribution in [-0.4, -0.2) is 35.0 Å². The molecule has 1 aliphatic heterocycles. The highest BCUT2D eigenvalue weighted by Crippen LogP contribution is 2.33. The highest BCUT2D eigenvalue weighted by atomic mass is 16.4. The molecule has 0 unspecified atom stereocenters. The maximum Gasteiger partial charge on any atom is 0.303 e. The predicted molar refractivity (Wildman–Crippen MR) is 49.7 cm³/mol. The minimum absolute atomic E-state index is 0.176. The first-order valence-electron chi connectivity index (χ1n) is 5.17. The van der Waals surface area contributed by atoms with Gasteiger partial charge in [0, 0.05) is 25.4 Å². The molecule has 78 valence electrons. The summed E-state index contributed by atoms with van der Waals surface area (Å²) >= 11 is 0. The van der Waals surface area contributed by atoms with Crippen molar-refractivity contribution in [3.05, 3.63) is 0 Å². The fourth-order valence-corrected chi connectivity index (χ4v) is 2.03. The van der Waals surface area contributed by atoms with E-state index in [1.165, 1.54) is 0 Å². The Morgan fingerprint density at radius 1 is 1.29 bits per heavy atom. The Kier molecular flexibility index (Phi) is 2.44. The minimum Gasteiger partial charge on any atom is -0.481 e. The van der Waals surface area contributed by atoms with Crippen molar-refractivity contribution in [3.63, 3.8) is 0 Å². The van der Waals surface area contributed by atoms with Gasteiger partial charge in [0.1, 0.15) is 0 Å². The van der Waals surface area contributed by atoms with E-state index in [0.717, 1.165) is 25.8 Å². The van der Waals surface area contributed by atoms with Crippen molar-refractivity contribution in [2.45, 2.75) is 25.7 Å². The summed E-state index contributed by atoms with van der Waals surface area (Å²) in [4.78, 5) is 23.9. The number of likely N-dealkylation sites (tertiary alicyclic amines) is 1. The molecule has 4 nitrogen and oxygen atoms in total. The van der Waals surface area contributed by atoms with Crippen molar-refractivity contribution in [1.82, 2.24) is 4.90 Å². The van der Waals surface area contributed by atoms with Crippen LogP contribution in [0.25, 0.3) is 0 Å². The Morgan fingerprint density at radius 3 is 2.57 bits per heavy atom. The maximum atomic E-state index is 11.6. The van der Waals surface area contributed by atoms with Crippen LogP contribution in [-0.2, 0) is 9.59 Å². The van der Waals surface area contributed by atoms with Gasteiger partial charge < -0.3 is 10.0 Å². The molecule has 0 bridgehead atoms. The number of amides is 1. The summed E-state index contributed by atoms with van der Waals surface area (Å²) in [5.74, 6) is -0.0672. The third-order valence-electron chi connectivity index (χ3n) is 2.99. The number of nitrogens with zero attached hydrogens (tertiary/aromatic N) is 1. The number of rotatable bonds is 3. The SMILES string of the molecule is O=C(O)C[C@H]1CCN(C(=O)C2CC2)C1. The topological polar surface area (TPSA) is 57.6 Å². The van der Waals surface area contributed by atoms with E-state index in [0.29, 0.717) is 6.54 Å². The van der Waals surface area contributed by atoms with Crippen LogP contribution in [0, 0.1) is 11.8 Å². The molecule has 2 fully saturated rings. The molecule has 1 saturated heterocycles. The first kappa shape index (κ1) is 9.49. The summed E-state index contributed by atoms with van der Waals surface area (Å²) in [6.45, 7) is 1.41. The predicted octanol–water partition coefficient (Wildman–Crippen LogP) is 0.720. The molecule has 1 atom stereocenters. The van der Waals surface area contributed by atoms with E-state index in [2.05, 4.69) is 0 Å². The second kappa shape index (κ2) is 3.59. The Labute approximate surface area is 82.9 Å². The summed E-state index contributed by atoms with van der Waals surface area (Å²) in [6.07, 6.45) is 3.11. The van der Waals surface area contributed by atoms with Crippen molar-refractivity contribution in [2.75, 3.05) is 13.1 Å². The molecular formula is C10H15NO3. The number of aliphatic carboxylic acids is 1. The van der Waals surface area contributed by atoms with Gasteiger partial charge in [-0.25, -0.2) is 0 Å². The van der Waals surface area contributed by atoms with Gasteiger partial charge in [0.15, 0.2) is 0 Å². The third-order valence-corrected chi connectivity index (χ3v) is 2.99. The van der Waals surface area contributed by atoms with Crippen LogP contribution < -0.4 is 0 Å². The summed E-state index contributed by atoms with van der Waals surface area (Å²) in [5, 5.41) is 8.62. The first-order valence-corrected chi connectivity index (χ1v) is 5.17. The standard InChI is InChI=1S/C10H15NO3/c12-9(13)5-7-3-4-11(6-7)10(14)8-1-2-8/h7-8H,1-6H2,(H,12,13)/t7-/m1/s1. The van der Waals surface area contributed by atoms with Crippen LogP contribution in [0.15, 0.2) is 0 Å². The van der Waals surface area contributed by atoms with Crippen LogP contribution >= 0.6 is 0 Å². The van der Waals surface area contributed by atoms with Crippen molar-refractivity contribution >= 4 is 11.9 Å². The molecule has 1 aliphatic carbocycles. The molecule has 2 rings (SSSR count). The van der Waals surface area contributed by atoms with Gasteiger partial charge in [0.05, 0.1) is 0 Å². The molecule has 2 aliphatic rings. The van der Waals surface area contributed by atoms with E-state index in [-0.39, 0.29) is 24.2 Å². The Hall–Kier alpha value is -1.06. The summed E-state index contributed by atoms with van der Waals surface area (Å²) in [7, 11) is 0. The quantitative estimate of drug-likeness (QED) is 0.725. The molecular weight excluding hydrogens is 182 g/mol. The molecule has 0 radical (unpaired) electrons. The number of carboxylic acids is 1. The minimum atomic E-state index is -0.754. The van der Waals surface area contributed by atoms with Gasteiger partial charge in [0.25, 0.3) is 0 Å². The van der Waals surface area contributed by atoms with Crippen molar-refractivity contribution < 1.29 is 14.7 Å². The molecule has 1 saturated carbocycles. The summed E-state index contributed by atoms with van der Waals surface area (Å²) in [6, 6.07) is 0. The van der Waals surface area contributed by atoms with E-state index in [9.17, 15) is 9.59 Å². The molecule has 0 spiro atoms. The van der Waals surface area contributed by atoms with Crippen molar-refractivity contribution in [1.29, 1.82) is 0 Å². The van der Waals surface area contributed by atoms with Crippen LogP contribution in [0.4, 0.5) is 0 Å². The van der Waals surface area contributed by atoms with Gasteiger partial charge >= 0.3 is 5.97 Å². The van der Waals surface area contributed by atoms with E-state index >= 15 is 0 Å². The van der Waals surface area contributed by atoms with Gasteiger partial charge in [-0.15, -0.1) is 0 Å². The zero-order chi connectivity index (χ0) is 10.1. The van der Waals surface area contributed by atoms with Crippen molar-refractivity contribution in [2.24, 2.45) is 11.8 Å². The Balaban J connectivity index is 1.81. The molecule has 1 heterocycles. The average molecular weight is 197 g/mol. The van der Waals surface area contributed by atoms with Crippen LogP contribution in [0.1, 0.15) is 25.7 Å². The lowest BCUT2D eigenvalue weighted by atomic mass is 10.1. The Morgan fingerprint density at radius 2 is 2.00 bits per heavy atom. The number of carboxylic acid groups (broad SMARTS) is 1. The second-order valence-electron chi connectivity index (χ2n) is 4.31. The highest BCUT2D eigenvalue weighted by molar-refractivity contribution is 5.81. The molecule has 1 N–H and O–H groups in total. The molecule has 0 aromatic heterocycles. The van der Waals surface area contributed by atoms with Crippen LogP contribution in [0.3, 0.4) is 0 Å². The third kappa shape index (κ3) is 2.05. The fourth-order valence-electron chi connectivity index (χ4n) is 2.03. The van der Waals surface area contributed by atoms with Crippen LogP contribution in [0.2, 0.25) is 0 Å². The maximum absolute atomic E-state index is 11.6. The Bertz CT molecular complexity index is 260. The van der Waals surface area contributed by atoms with Gasteiger partial charge in [-0.3, -0.25) is 9.59 Å². The highest BCUT2D eigenvalue weighted by Gasteiger charge is 2.36. The fraction of sp³-hybridized carbons (Fsp3) is 0.800. The van der Waals surface area contributed by atoms with E-state index in [1.54, 1.807) is 0 Å². The van der Waals surface area contributed by atoms with Gasteiger partial charge in [-0.1, -0.05) is 0 Å². The lowest BCUT2D eigenvalue weighted by molar-refractivity contribution is -0.138. The van der Waals surface area contributed by atoms with E-state index in [1.807, 2.05) is 4.90 Å². The number of hydrogen-bond acceptors (Lipinski definition) is 2. The number of carbonyl (C=O) groups is 2. The first-order chi connectivity index (χ1) is 6.66. The molecule has 14 heavy (non-hydrogen) atoms. The normalized spacial score (nSPS) is 26.6. The largest absolute Gasteiger partial charge is 0.481 e. The zero-order valence-electron chi connectivity index (χ0n) is 8.11. The molecule has 0 aromatic carbocycles. The molecule has 1 amide bonds. The number of carbonyl (C=O) groups excluding carboxylic acids is 1. The second-order valence-corrected chi connectivity index (χ2v) is 4.31. The van der Waals surface area contributed by atoms with Crippen molar-refractivity contribution in [3.8, 4) is 0 Å². The zero-order valence-corrected chi connectivity index (χ0v) is 8.11. The van der Waals surface area contributed by atoms with E-state index < -0.39 is 5.97 Å². The van der Waals surface area contributed by atoms with E-state index in [4.69, 9.17) is 5.11 Å². The lowest BCUT2D eigenvalue weighted by Gasteiger charge is -2.15. The number of hydrogen-bond donors (Lipinski definition) is 1. The lowest BCUT2D eigenvalue weighted by Crippen LogP contribution is -2.30. The van der Waals surface area contributed by atoms with Gasteiger partial charge in [-0.05, 0) is 25.2 Å². The molecule has 0 aromatic rings. The van der Waals surface area contributed by atoms with Gasteiger partial charge in [0.2, 0.25) is 5.91 Å². The molecule has 4 heteroatoms. The monoisotopic (exact) mass is 197 g/mol. The van der Waals surface area contributed by atoms with Gasteiger partial charge in [-0.2, -0.15) is 0 Å².